The molecule has 0 bridgehead atoms. The van der Waals surface area contributed by atoms with Crippen molar-refractivity contribution in [3.05, 3.63) is 78.4 Å². The van der Waals surface area contributed by atoms with E-state index in [-0.39, 0.29) is 0 Å². The number of nitrogens with one attached hydrogen (secondary N) is 1. The number of aromatic nitrogens is 3. The topological polar surface area (TPSA) is 46.0 Å². The predicted octanol–water partition coefficient (Wildman–Crippen LogP) is 2.41. The van der Waals surface area contributed by atoms with Gasteiger partial charge in [0.25, 0.3) is 0 Å². The summed E-state index contributed by atoms with van der Waals surface area (Å²) in [5.74, 6) is 0. The van der Waals surface area contributed by atoms with Crippen LogP contribution in [0.4, 0.5) is 0 Å². The zero-order valence-electron chi connectivity index (χ0n) is 13.5. The first kappa shape index (κ1) is 15.1. The summed E-state index contributed by atoms with van der Waals surface area (Å²) in [5, 5.41) is 8.01. The highest BCUT2D eigenvalue weighted by Crippen LogP contribution is 2.23. The molecule has 0 amide bonds. The number of rotatable bonds is 4. The Labute approximate surface area is 142 Å². The van der Waals surface area contributed by atoms with E-state index in [1.54, 1.807) is 0 Å². The van der Waals surface area contributed by atoms with Gasteiger partial charge in [-0.15, -0.1) is 0 Å². The molecule has 0 saturated carbocycles. The Hall–Kier alpha value is -2.50. The third-order valence-electron chi connectivity index (χ3n) is 4.49. The number of para-hydroxylation sites is 1. The number of piperazine rings is 1. The van der Waals surface area contributed by atoms with Crippen LogP contribution in [-0.4, -0.2) is 39.3 Å². The maximum absolute atomic E-state index is 4.51. The fourth-order valence-corrected chi connectivity index (χ4v) is 3.25. The molecule has 24 heavy (non-hydrogen) atoms. The molecule has 1 N–H and O–H groups in total. The van der Waals surface area contributed by atoms with E-state index in [4.69, 9.17) is 0 Å². The molecule has 0 radical (unpaired) electrons. The second kappa shape index (κ2) is 6.95. The van der Waals surface area contributed by atoms with Gasteiger partial charge in [0, 0.05) is 56.4 Å². The van der Waals surface area contributed by atoms with Crippen molar-refractivity contribution in [1.29, 1.82) is 0 Å². The molecule has 5 nitrogen and oxygen atoms in total. The van der Waals surface area contributed by atoms with Gasteiger partial charge >= 0.3 is 0 Å². The molecule has 0 aliphatic carbocycles. The minimum Gasteiger partial charge on any atom is -0.314 e. The van der Waals surface area contributed by atoms with Crippen molar-refractivity contribution in [2.45, 2.75) is 12.6 Å². The first-order valence-corrected chi connectivity index (χ1v) is 8.34. The highest BCUT2D eigenvalue weighted by molar-refractivity contribution is 5.31. The maximum atomic E-state index is 4.51. The van der Waals surface area contributed by atoms with Gasteiger partial charge in [0.15, 0.2) is 0 Å². The maximum Gasteiger partial charge on any atom is 0.0645 e. The second-order valence-corrected chi connectivity index (χ2v) is 6.10. The minimum absolute atomic E-state index is 0.377. The lowest BCUT2D eigenvalue weighted by Crippen LogP contribution is -2.45. The van der Waals surface area contributed by atoms with Gasteiger partial charge in [0.05, 0.1) is 11.9 Å². The molecule has 1 aliphatic heterocycles. The Balaban J connectivity index is 1.52. The summed E-state index contributed by atoms with van der Waals surface area (Å²) in [7, 11) is 0. The molecular weight excluding hydrogens is 298 g/mol. The molecule has 1 aromatic carbocycles. The summed E-state index contributed by atoms with van der Waals surface area (Å²) in [4.78, 5) is 6.65. The fourth-order valence-electron chi connectivity index (χ4n) is 3.25. The van der Waals surface area contributed by atoms with E-state index in [0.717, 1.165) is 31.9 Å². The average Bonchev–Trinajstić information content (AvgIpc) is 3.12. The van der Waals surface area contributed by atoms with E-state index in [9.17, 15) is 0 Å². The zero-order valence-corrected chi connectivity index (χ0v) is 13.5. The zero-order chi connectivity index (χ0) is 16.2. The normalized spacial score (nSPS) is 18.6. The van der Waals surface area contributed by atoms with E-state index in [1.165, 1.54) is 11.1 Å². The Morgan fingerprint density at radius 2 is 1.92 bits per heavy atom. The van der Waals surface area contributed by atoms with Gasteiger partial charge in [-0.3, -0.25) is 9.88 Å². The lowest BCUT2D eigenvalue weighted by molar-refractivity contribution is 0.153. The van der Waals surface area contributed by atoms with Gasteiger partial charge in [0.2, 0.25) is 0 Å². The first-order valence-electron chi connectivity index (χ1n) is 8.34. The van der Waals surface area contributed by atoms with E-state index in [2.05, 4.69) is 50.8 Å². The molecule has 0 spiro atoms. The highest BCUT2D eigenvalue weighted by Gasteiger charge is 2.24. The third kappa shape index (κ3) is 3.22. The van der Waals surface area contributed by atoms with Crippen molar-refractivity contribution in [1.82, 2.24) is 25.0 Å². The van der Waals surface area contributed by atoms with Crippen LogP contribution in [0.3, 0.4) is 0 Å². The van der Waals surface area contributed by atoms with Crippen LogP contribution in [-0.2, 0) is 6.54 Å². The number of hydrogen-bond donors (Lipinski definition) is 1. The molecule has 1 atom stereocenters. The minimum atomic E-state index is 0.377. The number of benzene rings is 1. The summed E-state index contributed by atoms with van der Waals surface area (Å²) in [6.45, 7) is 3.93. The number of pyridine rings is 1. The molecule has 3 aromatic rings. The lowest BCUT2D eigenvalue weighted by atomic mass is 10.0. The first-order chi connectivity index (χ1) is 11.9. The summed E-state index contributed by atoms with van der Waals surface area (Å²) in [6, 6.07) is 14.8. The van der Waals surface area contributed by atoms with Crippen molar-refractivity contribution < 1.29 is 0 Å². The number of hydrogen-bond acceptors (Lipinski definition) is 4. The SMILES string of the molecule is c1ccc(-n2cc(CN3CCNCC3c3ccncc3)cn2)cc1. The molecular formula is C19H21N5. The van der Waals surface area contributed by atoms with Crippen molar-refractivity contribution in [2.24, 2.45) is 0 Å². The van der Waals surface area contributed by atoms with Crippen LogP contribution in [0.1, 0.15) is 17.2 Å². The fraction of sp³-hybridized carbons (Fsp3) is 0.263. The molecule has 4 rings (SSSR count). The van der Waals surface area contributed by atoms with E-state index in [1.807, 2.05) is 41.5 Å². The second-order valence-electron chi connectivity index (χ2n) is 6.10. The van der Waals surface area contributed by atoms with Crippen molar-refractivity contribution in [3.63, 3.8) is 0 Å². The van der Waals surface area contributed by atoms with Gasteiger partial charge in [-0.05, 0) is 29.8 Å². The molecule has 1 aliphatic rings. The van der Waals surface area contributed by atoms with Gasteiger partial charge in [-0.2, -0.15) is 5.10 Å². The van der Waals surface area contributed by atoms with Crippen LogP contribution < -0.4 is 5.32 Å². The lowest BCUT2D eigenvalue weighted by Gasteiger charge is -2.36. The van der Waals surface area contributed by atoms with Crippen LogP contribution >= 0.6 is 0 Å². The molecule has 3 heterocycles. The molecule has 1 saturated heterocycles. The van der Waals surface area contributed by atoms with E-state index in [0.29, 0.717) is 6.04 Å². The van der Waals surface area contributed by atoms with Crippen LogP contribution in [0.2, 0.25) is 0 Å². The smallest absolute Gasteiger partial charge is 0.0645 e. The number of nitrogens with zero attached hydrogens (tertiary/aromatic N) is 4. The summed E-state index contributed by atoms with van der Waals surface area (Å²) in [6.07, 6.45) is 7.84. The highest BCUT2D eigenvalue weighted by atomic mass is 15.3. The molecule has 5 heteroatoms. The standard InChI is InChI=1S/C19H21N5/c1-2-4-18(5-3-1)24-15-16(12-22-24)14-23-11-10-21-13-19(23)17-6-8-20-9-7-17/h1-9,12,15,19,21H,10-11,13-14H2. The Bertz CT molecular complexity index is 769. The van der Waals surface area contributed by atoms with Gasteiger partial charge < -0.3 is 5.32 Å². The van der Waals surface area contributed by atoms with Crippen molar-refractivity contribution in [2.75, 3.05) is 19.6 Å². The quantitative estimate of drug-likeness (QED) is 0.802. The Morgan fingerprint density at radius 1 is 1.08 bits per heavy atom. The van der Waals surface area contributed by atoms with E-state index < -0.39 is 0 Å². The van der Waals surface area contributed by atoms with Crippen molar-refractivity contribution in [3.8, 4) is 5.69 Å². The monoisotopic (exact) mass is 319 g/mol. The van der Waals surface area contributed by atoms with Crippen LogP contribution in [0.15, 0.2) is 67.3 Å². The molecule has 1 fully saturated rings. The summed E-state index contributed by atoms with van der Waals surface area (Å²) < 4.78 is 1.94. The summed E-state index contributed by atoms with van der Waals surface area (Å²) in [5.41, 5.74) is 3.64. The van der Waals surface area contributed by atoms with Gasteiger partial charge in [0.1, 0.15) is 0 Å². The van der Waals surface area contributed by atoms with Crippen molar-refractivity contribution >= 4 is 0 Å². The Kier molecular flexibility index (Phi) is 4.36. The molecule has 122 valence electrons. The van der Waals surface area contributed by atoms with Gasteiger partial charge in [-0.1, -0.05) is 18.2 Å². The van der Waals surface area contributed by atoms with Gasteiger partial charge in [-0.25, -0.2) is 4.68 Å². The van der Waals surface area contributed by atoms with E-state index >= 15 is 0 Å². The molecule has 2 aromatic heterocycles. The van der Waals surface area contributed by atoms with Crippen LogP contribution in [0.5, 0.6) is 0 Å². The average molecular weight is 319 g/mol. The predicted molar refractivity (Wildman–Crippen MR) is 93.8 cm³/mol. The third-order valence-corrected chi connectivity index (χ3v) is 4.49. The molecule has 1 unspecified atom stereocenters. The largest absolute Gasteiger partial charge is 0.314 e. The van der Waals surface area contributed by atoms with Crippen LogP contribution in [0, 0.1) is 0 Å². The van der Waals surface area contributed by atoms with Crippen LogP contribution in [0.25, 0.3) is 5.69 Å². The Morgan fingerprint density at radius 3 is 2.75 bits per heavy atom. The summed E-state index contributed by atoms with van der Waals surface area (Å²) >= 11 is 0.